The summed E-state index contributed by atoms with van der Waals surface area (Å²) in [6, 6.07) is 2.15. The van der Waals surface area contributed by atoms with Crippen LogP contribution in [0.25, 0.3) is 0 Å². The van der Waals surface area contributed by atoms with Crippen molar-refractivity contribution in [3.63, 3.8) is 0 Å². The highest BCUT2D eigenvalue weighted by molar-refractivity contribution is 7.87. The van der Waals surface area contributed by atoms with Crippen molar-refractivity contribution >= 4 is 10.2 Å². The van der Waals surface area contributed by atoms with Crippen molar-refractivity contribution in [2.45, 2.75) is 38.1 Å². The number of piperidine rings is 2. The minimum Gasteiger partial charge on any atom is -0.290 e. The van der Waals surface area contributed by atoms with E-state index in [0.29, 0.717) is 19.6 Å². The summed E-state index contributed by atoms with van der Waals surface area (Å²) in [4.78, 5) is 2.06. The molecule has 19 heavy (non-hydrogen) atoms. The van der Waals surface area contributed by atoms with Crippen LogP contribution in [0, 0.1) is 11.3 Å². The van der Waals surface area contributed by atoms with Gasteiger partial charge in [0.25, 0.3) is 10.2 Å². The molecule has 0 aromatic rings. The number of rotatable bonds is 4. The molecule has 0 atom stereocenters. The summed E-state index contributed by atoms with van der Waals surface area (Å²) >= 11 is 0. The summed E-state index contributed by atoms with van der Waals surface area (Å²) < 4.78 is 28.8. The molecular weight excluding hydrogens is 264 g/mol. The molecule has 0 aliphatic carbocycles. The van der Waals surface area contributed by atoms with Crippen molar-refractivity contribution in [2.75, 3.05) is 32.7 Å². The normalized spacial score (nSPS) is 24.2. The lowest BCUT2D eigenvalue weighted by molar-refractivity contribution is 0.226. The molecule has 0 spiro atoms. The maximum atomic E-state index is 12.2. The highest BCUT2D eigenvalue weighted by Gasteiger charge is 2.28. The standard InChI is InChI=1S/C12H22N4O2S/c13-6-11-15-9-4-12(5-10-15)14-19(17,18)16-7-2-1-3-8-16/h12,14H,1-5,7-11H2. The van der Waals surface area contributed by atoms with E-state index < -0.39 is 10.2 Å². The monoisotopic (exact) mass is 286 g/mol. The number of nitriles is 1. The fraction of sp³-hybridized carbons (Fsp3) is 0.917. The van der Waals surface area contributed by atoms with Gasteiger partial charge in [0.2, 0.25) is 0 Å². The lowest BCUT2D eigenvalue weighted by Gasteiger charge is -2.33. The zero-order chi connectivity index (χ0) is 13.7. The largest absolute Gasteiger partial charge is 0.290 e. The zero-order valence-corrected chi connectivity index (χ0v) is 12.0. The molecule has 0 saturated carbocycles. The smallest absolute Gasteiger partial charge is 0.279 e. The Morgan fingerprint density at radius 1 is 1.11 bits per heavy atom. The second-order valence-electron chi connectivity index (χ2n) is 5.29. The molecule has 108 valence electrons. The molecule has 0 aromatic carbocycles. The Kier molecular flexibility index (Phi) is 5.16. The second-order valence-corrected chi connectivity index (χ2v) is 6.99. The molecule has 0 amide bonds. The lowest BCUT2D eigenvalue weighted by atomic mass is 10.1. The van der Waals surface area contributed by atoms with Crippen molar-refractivity contribution in [2.24, 2.45) is 0 Å². The first kappa shape index (κ1) is 14.7. The van der Waals surface area contributed by atoms with Gasteiger partial charge in [0.15, 0.2) is 0 Å². The van der Waals surface area contributed by atoms with E-state index in [1.165, 1.54) is 0 Å². The number of nitrogens with one attached hydrogen (secondary N) is 1. The van der Waals surface area contributed by atoms with Crippen LogP contribution in [0.1, 0.15) is 32.1 Å². The third-order valence-corrected chi connectivity index (χ3v) is 5.53. The zero-order valence-electron chi connectivity index (χ0n) is 11.2. The topological polar surface area (TPSA) is 76.4 Å². The molecule has 2 heterocycles. The Labute approximate surface area is 115 Å². The van der Waals surface area contributed by atoms with Crippen molar-refractivity contribution in [3.8, 4) is 6.07 Å². The van der Waals surface area contributed by atoms with Gasteiger partial charge in [-0.15, -0.1) is 0 Å². The van der Waals surface area contributed by atoms with Crippen molar-refractivity contribution in [1.82, 2.24) is 13.9 Å². The van der Waals surface area contributed by atoms with Gasteiger partial charge in [-0.1, -0.05) is 6.42 Å². The van der Waals surface area contributed by atoms with Crippen LogP contribution in [0.4, 0.5) is 0 Å². The van der Waals surface area contributed by atoms with E-state index in [9.17, 15) is 8.42 Å². The third-order valence-electron chi connectivity index (χ3n) is 3.85. The van der Waals surface area contributed by atoms with Gasteiger partial charge in [0.05, 0.1) is 12.6 Å². The molecule has 0 radical (unpaired) electrons. The van der Waals surface area contributed by atoms with Gasteiger partial charge in [-0.3, -0.25) is 4.90 Å². The predicted octanol–water partition coefficient (Wildman–Crippen LogP) is 0.295. The average Bonchev–Trinajstić information content (AvgIpc) is 2.42. The highest BCUT2D eigenvalue weighted by Crippen LogP contribution is 2.15. The van der Waals surface area contributed by atoms with Crippen LogP contribution in [-0.2, 0) is 10.2 Å². The quantitative estimate of drug-likeness (QED) is 0.754. The minimum atomic E-state index is -3.31. The number of hydrogen-bond donors (Lipinski definition) is 1. The Morgan fingerprint density at radius 3 is 2.32 bits per heavy atom. The maximum absolute atomic E-state index is 12.2. The molecule has 2 fully saturated rings. The average molecular weight is 286 g/mol. The molecule has 1 N–H and O–H groups in total. The first-order chi connectivity index (χ1) is 9.12. The van der Waals surface area contributed by atoms with Crippen LogP contribution < -0.4 is 4.72 Å². The van der Waals surface area contributed by atoms with E-state index in [4.69, 9.17) is 5.26 Å². The van der Waals surface area contributed by atoms with E-state index in [0.717, 1.165) is 45.2 Å². The van der Waals surface area contributed by atoms with Crippen LogP contribution in [0.5, 0.6) is 0 Å². The fourth-order valence-electron chi connectivity index (χ4n) is 2.70. The molecule has 6 nitrogen and oxygen atoms in total. The molecule has 7 heteroatoms. The number of nitrogens with zero attached hydrogens (tertiary/aromatic N) is 3. The van der Waals surface area contributed by atoms with E-state index in [1.54, 1.807) is 4.31 Å². The van der Waals surface area contributed by atoms with Gasteiger partial charge in [0.1, 0.15) is 0 Å². The van der Waals surface area contributed by atoms with Gasteiger partial charge in [-0.25, -0.2) is 0 Å². The summed E-state index contributed by atoms with van der Waals surface area (Å²) in [5.74, 6) is 0. The van der Waals surface area contributed by atoms with Crippen molar-refractivity contribution in [3.05, 3.63) is 0 Å². The van der Waals surface area contributed by atoms with E-state index in [1.807, 2.05) is 0 Å². The molecular formula is C12H22N4O2S. The first-order valence-electron chi connectivity index (χ1n) is 6.98. The van der Waals surface area contributed by atoms with Gasteiger partial charge in [0, 0.05) is 32.2 Å². The Balaban J connectivity index is 1.82. The Morgan fingerprint density at radius 2 is 1.74 bits per heavy atom. The van der Waals surface area contributed by atoms with Crippen molar-refractivity contribution in [1.29, 1.82) is 5.26 Å². The fourth-order valence-corrected chi connectivity index (χ4v) is 4.24. The second kappa shape index (κ2) is 6.66. The van der Waals surface area contributed by atoms with Gasteiger partial charge in [-0.05, 0) is 25.7 Å². The lowest BCUT2D eigenvalue weighted by Crippen LogP contribution is -2.50. The summed E-state index contributed by atoms with van der Waals surface area (Å²) in [5, 5.41) is 8.63. The summed E-state index contributed by atoms with van der Waals surface area (Å²) in [6.07, 6.45) is 4.62. The van der Waals surface area contributed by atoms with Crippen LogP contribution >= 0.6 is 0 Å². The SMILES string of the molecule is N#CCN1CCC(NS(=O)(=O)N2CCCCC2)CC1. The maximum Gasteiger partial charge on any atom is 0.279 e. The predicted molar refractivity (Wildman–Crippen MR) is 72.6 cm³/mol. The molecule has 0 aromatic heterocycles. The van der Waals surface area contributed by atoms with Gasteiger partial charge < -0.3 is 0 Å². The number of likely N-dealkylation sites (tertiary alicyclic amines) is 1. The summed E-state index contributed by atoms with van der Waals surface area (Å²) in [5.41, 5.74) is 0. The van der Waals surface area contributed by atoms with Gasteiger partial charge in [-0.2, -0.15) is 22.7 Å². The minimum absolute atomic E-state index is 0.0156. The molecule has 2 saturated heterocycles. The summed E-state index contributed by atoms with van der Waals surface area (Å²) in [6.45, 7) is 3.30. The van der Waals surface area contributed by atoms with E-state index >= 15 is 0 Å². The van der Waals surface area contributed by atoms with Crippen molar-refractivity contribution < 1.29 is 8.42 Å². The van der Waals surface area contributed by atoms with Gasteiger partial charge >= 0.3 is 0 Å². The van der Waals surface area contributed by atoms with Crippen LogP contribution in [0.3, 0.4) is 0 Å². The summed E-state index contributed by atoms with van der Waals surface area (Å²) in [7, 11) is -3.31. The van der Waals surface area contributed by atoms with Crippen LogP contribution in [0.2, 0.25) is 0 Å². The molecule has 0 bridgehead atoms. The van der Waals surface area contributed by atoms with Crippen LogP contribution in [-0.4, -0.2) is 56.4 Å². The molecule has 2 aliphatic rings. The van der Waals surface area contributed by atoms with Crippen LogP contribution in [0.15, 0.2) is 0 Å². The van der Waals surface area contributed by atoms with E-state index in [-0.39, 0.29) is 6.04 Å². The molecule has 0 unspecified atom stereocenters. The first-order valence-corrected chi connectivity index (χ1v) is 8.42. The highest BCUT2D eigenvalue weighted by atomic mass is 32.2. The molecule has 2 rings (SSSR count). The Bertz CT molecular complexity index is 418. The van der Waals surface area contributed by atoms with E-state index in [2.05, 4.69) is 15.7 Å². The Hall–Kier alpha value is -0.680. The number of hydrogen-bond acceptors (Lipinski definition) is 4. The third kappa shape index (κ3) is 4.14. The molecule has 2 aliphatic heterocycles.